The molecule has 2 amide bonds. The summed E-state index contributed by atoms with van der Waals surface area (Å²) in [5, 5.41) is 5.49. The maximum absolute atomic E-state index is 11.6. The molecule has 0 saturated heterocycles. The van der Waals surface area contributed by atoms with E-state index in [1.165, 1.54) is 0 Å². The van der Waals surface area contributed by atoms with E-state index in [0.717, 1.165) is 38.0 Å². The first-order valence-corrected chi connectivity index (χ1v) is 7.07. The lowest BCUT2D eigenvalue weighted by molar-refractivity contribution is -0.139. The Bertz CT molecular complexity index is 282. The summed E-state index contributed by atoms with van der Waals surface area (Å²) in [5.74, 6) is 0.318. The fourth-order valence-electron chi connectivity index (χ4n) is 2.21. The van der Waals surface area contributed by atoms with Crippen LogP contribution in [0.5, 0.6) is 0 Å². The molecule has 0 aliphatic heterocycles. The average Bonchev–Trinajstić information content (AvgIpc) is 2.31. The molecule has 4 nitrogen and oxygen atoms in total. The van der Waals surface area contributed by atoms with Crippen molar-refractivity contribution < 1.29 is 9.59 Å². The Labute approximate surface area is 110 Å². The first kappa shape index (κ1) is 15.0. The summed E-state index contributed by atoms with van der Waals surface area (Å²) in [4.78, 5) is 23.2. The van der Waals surface area contributed by atoms with Gasteiger partial charge in [-0.05, 0) is 43.9 Å². The quantitative estimate of drug-likeness (QED) is 0.752. The molecule has 4 heteroatoms. The van der Waals surface area contributed by atoms with Crippen LogP contribution >= 0.6 is 0 Å². The topological polar surface area (TPSA) is 58.2 Å². The van der Waals surface area contributed by atoms with Crippen LogP contribution in [0.4, 0.5) is 0 Å². The predicted molar refractivity (Wildman–Crippen MR) is 72.0 cm³/mol. The van der Waals surface area contributed by atoms with Crippen molar-refractivity contribution in [2.45, 2.75) is 58.9 Å². The molecule has 0 bridgehead atoms. The fraction of sp³-hybridized carbons (Fsp3) is 0.857. The standard InChI is InChI=1S/C14H26N2O2/c1-10(2)8-9-15-13(17)14(18)16-12-6-4-11(3)5-7-12/h10-12H,4-9H2,1-3H3,(H,15,17)(H,16,18). The number of hydrogen-bond donors (Lipinski definition) is 2. The Hall–Kier alpha value is -1.06. The SMILES string of the molecule is CC(C)CCNC(=O)C(=O)NC1CCC(C)CC1. The molecule has 104 valence electrons. The lowest BCUT2D eigenvalue weighted by Crippen LogP contribution is -2.45. The normalized spacial score (nSPS) is 23.8. The van der Waals surface area contributed by atoms with Gasteiger partial charge in [0.05, 0.1) is 0 Å². The summed E-state index contributed by atoms with van der Waals surface area (Å²) in [6.45, 7) is 6.99. The van der Waals surface area contributed by atoms with Crippen LogP contribution in [-0.4, -0.2) is 24.4 Å². The molecule has 0 aromatic rings. The van der Waals surface area contributed by atoms with Gasteiger partial charge in [0.2, 0.25) is 0 Å². The largest absolute Gasteiger partial charge is 0.348 e. The molecule has 1 fully saturated rings. The van der Waals surface area contributed by atoms with E-state index in [4.69, 9.17) is 0 Å². The lowest BCUT2D eigenvalue weighted by Gasteiger charge is -2.26. The van der Waals surface area contributed by atoms with Gasteiger partial charge < -0.3 is 10.6 Å². The Morgan fingerprint density at radius 2 is 1.72 bits per heavy atom. The minimum absolute atomic E-state index is 0.185. The predicted octanol–water partition coefficient (Wildman–Crippen LogP) is 1.84. The molecule has 0 aromatic carbocycles. The second kappa shape index (κ2) is 7.39. The number of hydrogen-bond acceptors (Lipinski definition) is 2. The fourth-order valence-corrected chi connectivity index (χ4v) is 2.21. The highest BCUT2D eigenvalue weighted by Crippen LogP contribution is 2.23. The van der Waals surface area contributed by atoms with Gasteiger partial charge >= 0.3 is 11.8 Å². The van der Waals surface area contributed by atoms with Crippen LogP contribution in [0.25, 0.3) is 0 Å². The van der Waals surface area contributed by atoms with Crippen molar-refractivity contribution in [3.05, 3.63) is 0 Å². The second-order valence-corrected chi connectivity index (χ2v) is 5.87. The highest BCUT2D eigenvalue weighted by Gasteiger charge is 2.22. The van der Waals surface area contributed by atoms with Crippen LogP contribution in [-0.2, 0) is 9.59 Å². The molecular weight excluding hydrogens is 228 g/mol. The Balaban J connectivity index is 2.21. The molecule has 0 heterocycles. The molecule has 1 rings (SSSR count). The average molecular weight is 254 g/mol. The zero-order chi connectivity index (χ0) is 13.5. The van der Waals surface area contributed by atoms with Gasteiger partial charge in [-0.1, -0.05) is 20.8 Å². The highest BCUT2D eigenvalue weighted by molar-refractivity contribution is 6.35. The summed E-state index contributed by atoms with van der Waals surface area (Å²) < 4.78 is 0. The van der Waals surface area contributed by atoms with Gasteiger partial charge in [0.1, 0.15) is 0 Å². The van der Waals surface area contributed by atoms with E-state index >= 15 is 0 Å². The van der Waals surface area contributed by atoms with Crippen LogP contribution in [0.1, 0.15) is 52.9 Å². The molecule has 2 N–H and O–H groups in total. The second-order valence-electron chi connectivity index (χ2n) is 5.87. The van der Waals surface area contributed by atoms with Crippen molar-refractivity contribution in [3.63, 3.8) is 0 Å². The van der Waals surface area contributed by atoms with Gasteiger partial charge in [-0.15, -0.1) is 0 Å². The van der Waals surface area contributed by atoms with Gasteiger partial charge in [0.15, 0.2) is 0 Å². The minimum atomic E-state index is -0.491. The van der Waals surface area contributed by atoms with E-state index < -0.39 is 11.8 Å². The van der Waals surface area contributed by atoms with Crippen LogP contribution in [0, 0.1) is 11.8 Å². The van der Waals surface area contributed by atoms with Gasteiger partial charge in [0, 0.05) is 12.6 Å². The summed E-state index contributed by atoms with van der Waals surface area (Å²) >= 11 is 0. The summed E-state index contributed by atoms with van der Waals surface area (Å²) in [6, 6.07) is 0.185. The molecule has 0 spiro atoms. The third kappa shape index (κ3) is 5.52. The van der Waals surface area contributed by atoms with Gasteiger partial charge in [-0.25, -0.2) is 0 Å². The molecule has 0 unspecified atom stereocenters. The number of nitrogens with one attached hydrogen (secondary N) is 2. The van der Waals surface area contributed by atoms with Crippen LogP contribution in [0.15, 0.2) is 0 Å². The van der Waals surface area contributed by atoms with E-state index in [9.17, 15) is 9.59 Å². The van der Waals surface area contributed by atoms with Crippen molar-refractivity contribution in [2.75, 3.05) is 6.54 Å². The van der Waals surface area contributed by atoms with Crippen molar-refractivity contribution in [3.8, 4) is 0 Å². The summed E-state index contributed by atoms with van der Waals surface area (Å²) in [7, 11) is 0. The molecule has 1 saturated carbocycles. The molecule has 1 aliphatic carbocycles. The van der Waals surface area contributed by atoms with Crippen LogP contribution in [0.2, 0.25) is 0 Å². The lowest BCUT2D eigenvalue weighted by atomic mass is 9.87. The molecule has 0 radical (unpaired) electrons. The van der Waals surface area contributed by atoms with E-state index in [-0.39, 0.29) is 6.04 Å². The van der Waals surface area contributed by atoms with Crippen molar-refractivity contribution in [1.82, 2.24) is 10.6 Å². The van der Waals surface area contributed by atoms with Crippen LogP contribution < -0.4 is 10.6 Å². The van der Waals surface area contributed by atoms with E-state index in [1.54, 1.807) is 0 Å². The number of carbonyl (C=O) groups excluding carboxylic acids is 2. The zero-order valence-electron chi connectivity index (χ0n) is 11.8. The molecular formula is C14H26N2O2. The van der Waals surface area contributed by atoms with Gasteiger partial charge in [0.25, 0.3) is 0 Å². The first-order chi connectivity index (χ1) is 8.49. The third-order valence-corrected chi connectivity index (χ3v) is 3.56. The Morgan fingerprint density at radius 3 is 2.28 bits per heavy atom. The smallest absolute Gasteiger partial charge is 0.309 e. The molecule has 0 aromatic heterocycles. The third-order valence-electron chi connectivity index (χ3n) is 3.56. The minimum Gasteiger partial charge on any atom is -0.348 e. The van der Waals surface area contributed by atoms with Gasteiger partial charge in [-0.2, -0.15) is 0 Å². The maximum atomic E-state index is 11.6. The van der Waals surface area contributed by atoms with E-state index in [0.29, 0.717) is 12.5 Å². The van der Waals surface area contributed by atoms with Crippen molar-refractivity contribution >= 4 is 11.8 Å². The number of amides is 2. The van der Waals surface area contributed by atoms with E-state index in [1.807, 2.05) is 0 Å². The van der Waals surface area contributed by atoms with Crippen LogP contribution in [0.3, 0.4) is 0 Å². The van der Waals surface area contributed by atoms with Gasteiger partial charge in [-0.3, -0.25) is 9.59 Å². The Morgan fingerprint density at radius 1 is 1.11 bits per heavy atom. The summed E-state index contributed by atoms with van der Waals surface area (Å²) in [6.07, 6.45) is 5.16. The Kier molecular flexibility index (Phi) is 6.16. The molecule has 0 atom stereocenters. The number of rotatable bonds is 4. The summed E-state index contributed by atoms with van der Waals surface area (Å²) in [5.41, 5.74) is 0. The van der Waals surface area contributed by atoms with E-state index in [2.05, 4.69) is 31.4 Å². The molecule has 18 heavy (non-hydrogen) atoms. The first-order valence-electron chi connectivity index (χ1n) is 7.07. The van der Waals surface area contributed by atoms with Crippen molar-refractivity contribution in [2.24, 2.45) is 11.8 Å². The maximum Gasteiger partial charge on any atom is 0.309 e. The zero-order valence-corrected chi connectivity index (χ0v) is 11.8. The number of carbonyl (C=O) groups is 2. The highest BCUT2D eigenvalue weighted by atomic mass is 16.2. The van der Waals surface area contributed by atoms with Crippen molar-refractivity contribution in [1.29, 1.82) is 0 Å². The molecule has 1 aliphatic rings. The monoisotopic (exact) mass is 254 g/mol.